The molecule has 1 aliphatic rings. The lowest BCUT2D eigenvalue weighted by atomic mass is 10.1. The Balaban J connectivity index is 2.18. The monoisotopic (exact) mass is 381 g/mol. The van der Waals surface area contributed by atoms with Crippen molar-refractivity contribution in [3.63, 3.8) is 0 Å². The third-order valence-corrected chi connectivity index (χ3v) is 4.99. The maximum atomic E-state index is 12.3. The summed E-state index contributed by atoms with van der Waals surface area (Å²) in [6.45, 7) is 6.37. The van der Waals surface area contributed by atoms with Gasteiger partial charge in [-0.3, -0.25) is 19.3 Å². The predicted molar refractivity (Wildman–Crippen MR) is 92.9 cm³/mol. The first-order valence-electron chi connectivity index (χ1n) is 7.97. The minimum Gasteiger partial charge on any atom is -0.462 e. The zero-order valence-corrected chi connectivity index (χ0v) is 15.7. The Morgan fingerprint density at radius 3 is 2.23 bits per heavy atom. The van der Waals surface area contributed by atoms with E-state index in [1.54, 1.807) is 27.7 Å². The smallest absolute Gasteiger partial charge is 0.341 e. The van der Waals surface area contributed by atoms with Crippen LogP contribution in [0.15, 0.2) is 0 Å². The van der Waals surface area contributed by atoms with E-state index in [0.29, 0.717) is 10.5 Å². The molecule has 10 heteroatoms. The van der Waals surface area contributed by atoms with Crippen molar-refractivity contribution in [2.75, 3.05) is 25.0 Å². The molecule has 0 bridgehead atoms. The number of hydrogen-bond acceptors (Lipinski definition) is 7. The average molecular weight is 381 g/mol. The Labute approximate surface area is 153 Å². The summed E-state index contributed by atoms with van der Waals surface area (Å²) in [4.78, 5) is 62.1. The van der Waals surface area contributed by atoms with Gasteiger partial charge in [-0.2, -0.15) is 0 Å². The Morgan fingerprint density at radius 2 is 1.69 bits per heavy atom. The number of esters is 1. The fourth-order valence-corrected chi connectivity index (χ4v) is 3.51. The number of nitrogens with zero attached hydrogens (tertiary/aromatic N) is 2. The number of hydrogen-bond donors (Lipinski definition) is 1. The van der Waals surface area contributed by atoms with E-state index in [9.17, 15) is 24.0 Å². The maximum Gasteiger partial charge on any atom is 0.341 e. The fraction of sp³-hybridized carbons (Fsp3) is 0.438. The van der Waals surface area contributed by atoms with Gasteiger partial charge in [0.25, 0.3) is 0 Å². The number of thiophene rings is 1. The summed E-state index contributed by atoms with van der Waals surface area (Å²) in [6, 6.07) is -0.832. The molecule has 26 heavy (non-hydrogen) atoms. The second-order valence-electron chi connectivity index (χ2n) is 5.48. The summed E-state index contributed by atoms with van der Waals surface area (Å²) in [5.74, 6) is -3.26. The zero-order valence-electron chi connectivity index (χ0n) is 14.9. The van der Waals surface area contributed by atoms with E-state index in [2.05, 4.69) is 5.32 Å². The van der Waals surface area contributed by atoms with Crippen LogP contribution < -0.4 is 5.32 Å². The van der Waals surface area contributed by atoms with Gasteiger partial charge < -0.3 is 10.1 Å². The normalized spacial score (nSPS) is 14.2. The van der Waals surface area contributed by atoms with Crippen molar-refractivity contribution < 1.29 is 28.7 Å². The van der Waals surface area contributed by atoms with E-state index < -0.39 is 36.3 Å². The van der Waals surface area contributed by atoms with Crippen LogP contribution >= 0.6 is 11.3 Å². The van der Waals surface area contributed by atoms with E-state index >= 15 is 0 Å². The van der Waals surface area contributed by atoms with Crippen molar-refractivity contribution in [2.45, 2.75) is 27.7 Å². The minimum atomic E-state index is -1.05. The van der Waals surface area contributed by atoms with Gasteiger partial charge in [0.05, 0.1) is 12.2 Å². The van der Waals surface area contributed by atoms with Gasteiger partial charge in [0.15, 0.2) is 0 Å². The minimum absolute atomic E-state index is 0.0395. The van der Waals surface area contributed by atoms with Crippen LogP contribution in [0, 0.1) is 13.8 Å². The molecule has 0 saturated carbocycles. The molecular weight excluding hydrogens is 362 g/mol. The molecule has 1 fully saturated rings. The molecule has 0 atom stereocenters. The highest BCUT2D eigenvalue weighted by molar-refractivity contribution is 7.16. The Hall–Kier alpha value is -2.75. The lowest BCUT2D eigenvalue weighted by molar-refractivity contribution is -0.143. The molecule has 0 aliphatic carbocycles. The van der Waals surface area contributed by atoms with Crippen LogP contribution in [-0.4, -0.2) is 59.2 Å². The van der Waals surface area contributed by atoms with Crippen LogP contribution in [0.5, 0.6) is 0 Å². The van der Waals surface area contributed by atoms with Gasteiger partial charge >= 0.3 is 23.8 Å². The quantitative estimate of drug-likeness (QED) is 0.451. The number of amides is 5. The van der Waals surface area contributed by atoms with Crippen molar-refractivity contribution in [1.29, 1.82) is 0 Å². The molecule has 5 amide bonds. The second kappa shape index (κ2) is 7.65. The molecule has 1 N–H and O–H groups in total. The maximum absolute atomic E-state index is 12.3. The van der Waals surface area contributed by atoms with Crippen molar-refractivity contribution in [2.24, 2.45) is 0 Å². The largest absolute Gasteiger partial charge is 0.462 e. The van der Waals surface area contributed by atoms with Crippen LogP contribution in [-0.2, 0) is 19.1 Å². The fourth-order valence-electron chi connectivity index (χ4n) is 2.44. The van der Waals surface area contributed by atoms with E-state index in [4.69, 9.17) is 4.74 Å². The highest BCUT2D eigenvalue weighted by Gasteiger charge is 2.44. The summed E-state index contributed by atoms with van der Waals surface area (Å²) >= 11 is 1.19. The number of likely N-dealkylation sites (N-methyl/N-ethyl adjacent to an activating group) is 1. The molecule has 0 aromatic carbocycles. The van der Waals surface area contributed by atoms with Gasteiger partial charge in [0.2, 0.25) is 5.91 Å². The number of carbonyl (C=O) groups excluding carboxylic acids is 5. The van der Waals surface area contributed by atoms with Gasteiger partial charge in [-0.1, -0.05) is 0 Å². The van der Waals surface area contributed by atoms with Crippen LogP contribution in [0.25, 0.3) is 0 Å². The number of aryl methyl sites for hydroxylation is 1. The molecule has 0 unspecified atom stereocenters. The van der Waals surface area contributed by atoms with E-state index in [1.165, 1.54) is 11.3 Å². The molecule has 2 heterocycles. The Bertz CT molecular complexity index is 800. The van der Waals surface area contributed by atoms with Crippen molar-refractivity contribution in [3.8, 4) is 0 Å². The Morgan fingerprint density at radius 1 is 1.08 bits per heavy atom. The molecule has 1 saturated heterocycles. The third kappa shape index (κ3) is 3.45. The molecule has 9 nitrogen and oxygen atoms in total. The van der Waals surface area contributed by atoms with Gasteiger partial charge in [-0.25, -0.2) is 14.5 Å². The summed E-state index contributed by atoms with van der Waals surface area (Å²) < 4.78 is 5.00. The van der Waals surface area contributed by atoms with Crippen molar-refractivity contribution in [1.82, 2.24) is 9.80 Å². The van der Waals surface area contributed by atoms with Crippen LogP contribution in [0.1, 0.15) is 34.6 Å². The van der Waals surface area contributed by atoms with Crippen LogP contribution in [0.4, 0.5) is 9.80 Å². The molecule has 0 radical (unpaired) electrons. The molecule has 0 spiro atoms. The van der Waals surface area contributed by atoms with Crippen LogP contribution in [0.2, 0.25) is 0 Å². The Kier molecular flexibility index (Phi) is 5.76. The topological polar surface area (TPSA) is 113 Å². The number of nitrogens with one attached hydrogen (secondary N) is 1. The number of ether oxygens (including phenoxy) is 1. The molecule has 2 rings (SSSR count). The first-order valence-corrected chi connectivity index (χ1v) is 8.78. The first-order chi connectivity index (χ1) is 12.2. The van der Waals surface area contributed by atoms with Gasteiger partial charge in [0.1, 0.15) is 11.5 Å². The molecule has 140 valence electrons. The summed E-state index contributed by atoms with van der Waals surface area (Å²) in [7, 11) is 0. The molecule has 1 aromatic heterocycles. The molecule has 1 aromatic rings. The van der Waals surface area contributed by atoms with Gasteiger partial charge in [-0.05, 0) is 33.3 Å². The van der Waals surface area contributed by atoms with E-state index in [-0.39, 0.29) is 23.7 Å². The molecule has 1 aliphatic heterocycles. The van der Waals surface area contributed by atoms with E-state index in [1.807, 2.05) is 0 Å². The lowest BCUT2D eigenvalue weighted by Gasteiger charge is -2.14. The van der Waals surface area contributed by atoms with Crippen molar-refractivity contribution >= 4 is 46.1 Å². The second-order valence-corrected chi connectivity index (χ2v) is 6.70. The van der Waals surface area contributed by atoms with Gasteiger partial charge in [-0.15, -0.1) is 11.3 Å². The van der Waals surface area contributed by atoms with E-state index in [0.717, 1.165) is 9.78 Å². The lowest BCUT2D eigenvalue weighted by Crippen LogP contribution is -2.39. The average Bonchev–Trinajstić information content (AvgIpc) is 2.96. The summed E-state index contributed by atoms with van der Waals surface area (Å²) in [5.41, 5.74) is 0.928. The zero-order chi connectivity index (χ0) is 19.6. The first kappa shape index (κ1) is 19.6. The third-order valence-electron chi connectivity index (χ3n) is 3.87. The molecular formula is C16H19N3O6S. The number of carbonyl (C=O) groups is 5. The highest BCUT2D eigenvalue weighted by atomic mass is 32.1. The number of imide groups is 2. The van der Waals surface area contributed by atoms with Crippen LogP contribution in [0.3, 0.4) is 0 Å². The summed E-state index contributed by atoms with van der Waals surface area (Å²) in [5, 5.41) is 2.81. The standard InChI is InChI=1S/C16H19N3O6S/c1-5-18-13(21)14(22)19(16(18)24)7-10(20)17-12-11(15(23)25-6-2)8(3)9(4)26-12/h5-7H2,1-4H3,(H,17,20). The van der Waals surface area contributed by atoms with Gasteiger partial charge in [0, 0.05) is 11.4 Å². The number of anilines is 1. The predicted octanol–water partition coefficient (Wildman–Crippen LogP) is 1.29. The highest BCUT2D eigenvalue weighted by Crippen LogP contribution is 2.33. The number of urea groups is 1. The SMILES string of the molecule is CCOC(=O)c1c(NC(=O)CN2C(=O)C(=O)N(CC)C2=O)sc(C)c1C. The number of rotatable bonds is 6. The van der Waals surface area contributed by atoms with Crippen molar-refractivity contribution in [3.05, 3.63) is 16.0 Å². The summed E-state index contributed by atoms with van der Waals surface area (Å²) in [6.07, 6.45) is 0.